The van der Waals surface area contributed by atoms with Crippen molar-refractivity contribution in [2.75, 3.05) is 12.4 Å². The quantitative estimate of drug-likeness (QED) is 0.863. The number of aliphatic imine (C=N–C) groups is 1. The van der Waals surface area contributed by atoms with Crippen LogP contribution in [0.4, 0.5) is 11.4 Å². The molecule has 1 aliphatic rings. The number of carbonyl (C=O) groups excluding carboxylic acids is 2. The molecule has 2 amide bonds. The summed E-state index contributed by atoms with van der Waals surface area (Å²) in [7, 11) is 1.70. The molecule has 1 heterocycles. The number of hydrogen-bond donors (Lipinski definition) is 1. The van der Waals surface area contributed by atoms with Gasteiger partial charge in [-0.3, -0.25) is 14.5 Å². The molecule has 0 unspecified atom stereocenters. The molecule has 0 radical (unpaired) electrons. The van der Waals surface area contributed by atoms with Gasteiger partial charge in [0.1, 0.15) is 5.25 Å². The summed E-state index contributed by atoms with van der Waals surface area (Å²) in [6.45, 7) is 6.08. The van der Waals surface area contributed by atoms with Crippen molar-refractivity contribution in [3.05, 3.63) is 59.2 Å². The Balaban J connectivity index is 1.67. The number of thioether (sulfide) groups is 1. The minimum atomic E-state index is -0.453. The van der Waals surface area contributed by atoms with E-state index in [1.165, 1.54) is 22.2 Å². The number of benzene rings is 2. The molecule has 27 heavy (non-hydrogen) atoms. The maximum atomic E-state index is 12.5. The standard InChI is InChI=1S/C21H23N3O2S/c1-13-5-8-16(9-6-13)22-19(25)12-18-20(26)24(4)21(27-18)23-17-10-7-14(2)15(3)11-17/h5-11,18H,12H2,1-4H3,(H,22,25)/t18-/m0/s1. The van der Waals surface area contributed by atoms with Gasteiger partial charge in [0.25, 0.3) is 0 Å². The summed E-state index contributed by atoms with van der Waals surface area (Å²) in [5.74, 6) is -0.271. The highest BCUT2D eigenvalue weighted by Gasteiger charge is 2.37. The number of rotatable bonds is 4. The van der Waals surface area contributed by atoms with Crippen molar-refractivity contribution < 1.29 is 9.59 Å². The number of nitrogens with zero attached hydrogens (tertiary/aromatic N) is 2. The Labute approximate surface area is 163 Å². The van der Waals surface area contributed by atoms with Crippen molar-refractivity contribution in [1.29, 1.82) is 0 Å². The van der Waals surface area contributed by atoms with Gasteiger partial charge in [-0.1, -0.05) is 35.5 Å². The second kappa shape index (κ2) is 7.96. The first kappa shape index (κ1) is 19.2. The van der Waals surface area contributed by atoms with Crippen molar-refractivity contribution in [1.82, 2.24) is 4.90 Å². The minimum Gasteiger partial charge on any atom is -0.326 e. The van der Waals surface area contributed by atoms with Crippen molar-refractivity contribution in [2.24, 2.45) is 4.99 Å². The number of amidine groups is 1. The average molecular weight is 382 g/mol. The van der Waals surface area contributed by atoms with E-state index in [4.69, 9.17) is 0 Å². The third-order valence-corrected chi connectivity index (χ3v) is 5.79. The van der Waals surface area contributed by atoms with E-state index in [9.17, 15) is 9.59 Å². The topological polar surface area (TPSA) is 61.8 Å². The van der Waals surface area contributed by atoms with E-state index < -0.39 is 5.25 Å². The Hall–Kier alpha value is -2.60. The molecule has 0 saturated carbocycles. The zero-order chi connectivity index (χ0) is 19.6. The van der Waals surface area contributed by atoms with Gasteiger partial charge in [0.2, 0.25) is 11.8 Å². The van der Waals surface area contributed by atoms with Gasteiger partial charge >= 0.3 is 0 Å². The molecule has 1 fully saturated rings. The van der Waals surface area contributed by atoms with Gasteiger partial charge in [-0.15, -0.1) is 0 Å². The first-order valence-electron chi connectivity index (χ1n) is 8.80. The van der Waals surface area contributed by atoms with Crippen molar-refractivity contribution in [3.63, 3.8) is 0 Å². The Morgan fingerprint density at radius 2 is 1.81 bits per heavy atom. The molecular formula is C21H23N3O2S. The number of amides is 2. The zero-order valence-electron chi connectivity index (χ0n) is 15.9. The largest absolute Gasteiger partial charge is 0.326 e. The second-order valence-corrected chi connectivity index (χ2v) is 7.95. The molecule has 1 saturated heterocycles. The lowest BCUT2D eigenvalue weighted by Crippen LogP contribution is -2.30. The lowest BCUT2D eigenvalue weighted by Gasteiger charge is -2.09. The maximum absolute atomic E-state index is 12.5. The number of nitrogens with one attached hydrogen (secondary N) is 1. The van der Waals surface area contributed by atoms with Gasteiger partial charge in [-0.25, -0.2) is 4.99 Å². The minimum absolute atomic E-state index is 0.0957. The van der Waals surface area contributed by atoms with Crippen LogP contribution in [0.3, 0.4) is 0 Å². The van der Waals surface area contributed by atoms with Crippen LogP contribution in [-0.4, -0.2) is 34.2 Å². The third-order valence-electron chi connectivity index (χ3n) is 4.56. The van der Waals surface area contributed by atoms with Crippen LogP contribution < -0.4 is 5.32 Å². The number of anilines is 1. The molecule has 2 aromatic rings. The molecular weight excluding hydrogens is 358 g/mol. The van der Waals surface area contributed by atoms with Crippen LogP contribution in [0, 0.1) is 20.8 Å². The Morgan fingerprint density at radius 1 is 1.11 bits per heavy atom. The molecule has 1 aliphatic heterocycles. The zero-order valence-corrected chi connectivity index (χ0v) is 16.8. The van der Waals surface area contributed by atoms with Gasteiger partial charge in [-0.05, 0) is 56.2 Å². The summed E-state index contributed by atoms with van der Waals surface area (Å²) in [6, 6.07) is 13.5. The Morgan fingerprint density at radius 3 is 2.48 bits per heavy atom. The third kappa shape index (κ3) is 4.57. The summed E-state index contributed by atoms with van der Waals surface area (Å²) in [5.41, 5.74) is 5.03. The highest BCUT2D eigenvalue weighted by Crippen LogP contribution is 2.31. The molecule has 2 aromatic carbocycles. The lowest BCUT2D eigenvalue weighted by molar-refractivity contribution is -0.127. The lowest BCUT2D eigenvalue weighted by atomic mass is 10.1. The van der Waals surface area contributed by atoms with Gasteiger partial charge in [-0.2, -0.15) is 0 Å². The van der Waals surface area contributed by atoms with E-state index in [2.05, 4.69) is 17.2 Å². The van der Waals surface area contributed by atoms with Crippen LogP contribution in [0.5, 0.6) is 0 Å². The van der Waals surface area contributed by atoms with Gasteiger partial charge < -0.3 is 5.32 Å². The first-order chi connectivity index (χ1) is 12.8. The molecule has 0 spiro atoms. The predicted molar refractivity (Wildman–Crippen MR) is 112 cm³/mol. The van der Waals surface area contributed by atoms with Crippen LogP contribution in [0.1, 0.15) is 23.1 Å². The summed E-state index contributed by atoms with van der Waals surface area (Å²) in [4.78, 5) is 30.9. The smallest absolute Gasteiger partial charge is 0.242 e. The van der Waals surface area contributed by atoms with E-state index in [1.54, 1.807) is 7.05 Å². The monoisotopic (exact) mass is 381 g/mol. The maximum Gasteiger partial charge on any atom is 0.242 e. The van der Waals surface area contributed by atoms with Crippen LogP contribution in [0.15, 0.2) is 47.5 Å². The number of hydrogen-bond acceptors (Lipinski definition) is 4. The Bertz CT molecular complexity index is 906. The first-order valence-corrected chi connectivity index (χ1v) is 9.68. The summed E-state index contributed by atoms with van der Waals surface area (Å²) >= 11 is 1.34. The highest BCUT2D eigenvalue weighted by atomic mass is 32.2. The molecule has 1 atom stereocenters. The van der Waals surface area contributed by atoms with Crippen LogP contribution in [0.2, 0.25) is 0 Å². The Kier molecular flexibility index (Phi) is 5.65. The van der Waals surface area contributed by atoms with E-state index in [1.807, 2.05) is 56.3 Å². The van der Waals surface area contributed by atoms with Gasteiger partial charge in [0.05, 0.1) is 5.69 Å². The van der Waals surface area contributed by atoms with Crippen LogP contribution >= 0.6 is 11.8 Å². The summed E-state index contributed by atoms with van der Waals surface area (Å²) in [5, 5.41) is 3.02. The molecule has 3 rings (SSSR count). The number of carbonyl (C=O) groups is 2. The fraction of sp³-hybridized carbons (Fsp3) is 0.286. The van der Waals surface area contributed by atoms with Gasteiger partial charge in [0.15, 0.2) is 5.17 Å². The fourth-order valence-electron chi connectivity index (χ4n) is 2.72. The van der Waals surface area contributed by atoms with Crippen molar-refractivity contribution >= 4 is 40.1 Å². The van der Waals surface area contributed by atoms with E-state index in [-0.39, 0.29) is 18.2 Å². The average Bonchev–Trinajstić information content (AvgIpc) is 2.88. The molecule has 0 aliphatic carbocycles. The van der Waals surface area contributed by atoms with E-state index in [0.717, 1.165) is 22.5 Å². The van der Waals surface area contributed by atoms with Crippen LogP contribution in [-0.2, 0) is 9.59 Å². The number of aryl methyl sites for hydroxylation is 3. The second-order valence-electron chi connectivity index (χ2n) is 6.79. The molecule has 6 heteroatoms. The predicted octanol–water partition coefficient (Wildman–Crippen LogP) is 4.20. The van der Waals surface area contributed by atoms with E-state index >= 15 is 0 Å². The van der Waals surface area contributed by atoms with Crippen molar-refractivity contribution in [2.45, 2.75) is 32.4 Å². The molecule has 0 aromatic heterocycles. The molecule has 5 nitrogen and oxygen atoms in total. The normalized spacial score (nSPS) is 18.2. The van der Waals surface area contributed by atoms with Gasteiger partial charge in [0, 0.05) is 19.2 Å². The van der Waals surface area contributed by atoms with Crippen molar-refractivity contribution in [3.8, 4) is 0 Å². The molecule has 1 N–H and O–H groups in total. The fourth-order valence-corrected chi connectivity index (χ4v) is 3.87. The SMILES string of the molecule is Cc1ccc(NC(=O)C[C@@H]2SC(=Nc3ccc(C)c(C)c3)N(C)C2=O)cc1. The highest BCUT2D eigenvalue weighted by molar-refractivity contribution is 8.15. The van der Waals surface area contributed by atoms with E-state index in [0.29, 0.717) is 5.17 Å². The molecule has 140 valence electrons. The summed E-state index contributed by atoms with van der Waals surface area (Å²) in [6.07, 6.45) is 0.119. The van der Waals surface area contributed by atoms with Crippen LogP contribution in [0.25, 0.3) is 0 Å². The summed E-state index contributed by atoms with van der Waals surface area (Å²) < 4.78 is 0. The molecule has 0 bridgehead atoms.